The van der Waals surface area contributed by atoms with E-state index in [1.165, 1.54) is 103 Å². The molecule has 0 aromatic heterocycles. The first-order chi connectivity index (χ1) is 18.6. The van der Waals surface area contributed by atoms with Crippen LogP contribution in [0.5, 0.6) is 5.75 Å². The van der Waals surface area contributed by atoms with Gasteiger partial charge in [0.2, 0.25) is 0 Å². The molecule has 208 valence electrons. The van der Waals surface area contributed by atoms with Crippen molar-refractivity contribution in [3.8, 4) is 22.9 Å². The largest absolute Gasteiger partial charge is 0.493 e. The minimum absolute atomic E-state index is 0.263. The maximum atomic E-state index is 15.5. The van der Waals surface area contributed by atoms with Gasteiger partial charge in [-0.15, -0.1) is 0 Å². The second-order valence-electron chi connectivity index (χ2n) is 11.5. The fourth-order valence-corrected chi connectivity index (χ4v) is 6.26. The zero-order valence-electron chi connectivity index (χ0n) is 24.3. The van der Waals surface area contributed by atoms with Crippen LogP contribution in [-0.4, -0.2) is 7.11 Å². The highest BCUT2D eigenvalue weighted by atomic mass is 19.1. The molecule has 0 spiro atoms. The summed E-state index contributed by atoms with van der Waals surface area (Å²) in [5.41, 5.74) is 4.01. The molecule has 38 heavy (non-hydrogen) atoms. The van der Waals surface area contributed by atoms with E-state index < -0.39 is 0 Å². The van der Waals surface area contributed by atoms with Gasteiger partial charge in [0.15, 0.2) is 11.6 Å². The number of hydrogen-bond donors (Lipinski definition) is 0. The number of benzene rings is 2. The molecule has 2 nitrogen and oxygen atoms in total. The molecule has 0 heterocycles. The van der Waals surface area contributed by atoms with Crippen molar-refractivity contribution >= 4 is 0 Å². The highest BCUT2D eigenvalue weighted by Crippen LogP contribution is 2.41. The molecule has 2 aromatic carbocycles. The molecular formula is C35H50FNO. The number of ether oxygens (including phenoxy) is 1. The zero-order chi connectivity index (χ0) is 27.2. The van der Waals surface area contributed by atoms with Gasteiger partial charge in [0.25, 0.3) is 0 Å². The summed E-state index contributed by atoms with van der Waals surface area (Å²) in [6.45, 7) is 4.51. The lowest BCUT2D eigenvalue weighted by molar-refractivity contribution is 0.303. The highest BCUT2D eigenvalue weighted by molar-refractivity contribution is 5.77. The summed E-state index contributed by atoms with van der Waals surface area (Å²) < 4.78 is 21.0. The van der Waals surface area contributed by atoms with Crippen molar-refractivity contribution in [1.82, 2.24) is 0 Å². The van der Waals surface area contributed by atoms with Gasteiger partial charge in [-0.3, -0.25) is 0 Å². The fraction of sp³-hybridized carbons (Fsp3) is 0.629. The van der Waals surface area contributed by atoms with Crippen LogP contribution in [0.25, 0.3) is 11.1 Å². The summed E-state index contributed by atoms with van der Waals surface area (Å²) in [6, 6.07) is 12.4. The van der Waals surface area contributed by atoms with Crippen LogP contribution < -0.4 is 4.74 Å². The van der Waals surface area contributed by atoms with E-state index in [1.54, 1.807) is 0 Å². The van der Waals surface area contributed by atoms with Crippen LogP contribution in [0, 0.1) is 23.1 Å². The third-order valence-electron chi connectivity index (χ3n) is 8.67. The number of aryl methyl sites for hydroxylation is 1. The predicted molar refractivity (Wildman–Crippen MR) is 158 cm³/mol. The van der Waals surface area contributed by atoms with Gasteiger partial charge < -0.3 is 4.74 Å². The number of hydrogen-bond acceptors (Lipinski definition) is 2. The maximum Gasteiger partial charge on any atom is 0.168 e. The second kappa shape index (κ2) is 16.6. The number of nitrogens with zero attached hydrogens (tertiary/aromatic N) is 1. The van der Waals surface area contributed by atoms with Crippen LogP contribution in [0.1, 0.15) is 139 Å². The molecule has 2 aromatic rings. The molecule has 0 atom stereocenters. The van der Waals surface area contributed by atoms with Gasteiger partial charge >= 0.3 is 0 Å². The van der Waals surface area contributed by atoms with Crippen LogP contribution in [0.2, 0.25) is 0 Å². The Morgan fingerprint density at radius 2 is 1.45 bits per heavy atom. The Kier molecular flexibility index (Phi) is 13.2. The van der Waals surface area contributed by atoms with Gasteiger partial charge in [-0.05, 0) is 67.6 Å². The topological polar surface area (TPSA) is 33.0 Å². The summed E-state index contributed by atoms with van der Waals surface area (Å²) in [5, 5.41) is 10.0. The van der Waals surface area contributed by atoms with Gasteiger partial charge in [0, 0.05) is 11.1 Å². The molecule has 1 aliphatic carbocycles. The lowest BCUT2D eigenvalue weighted by atomic mass is 9.76. The van der Waals surface area contributed by atoms with E-state index in [-0.39, 0.29) is 11.6 Å². The summed E-state index contributed by atoms with van der Waals surface area (Å²) in [4.78, 5) is 0. The van der Waals surface area contributed by atoms with E-state index in [0.29, 0.717) is 22.6 Å². The molecule has 1 saturated carbocycles. The summed E-state index contributed by atoms with van der Waals surface area (Å²) in [7, 11) is 1.53. The van der Waals surface area contributed by atoms with E-state index in [2.05, 4.69) is 26.0 Å². The number of nitriles is 1. The third-order valence-corrected chi connectivity index (χ3v) is 8.67. The Balaban J connectivity index is 1.64. The molecule has 1 fully saturated rings. The van der Waals surface area contributed by atoms with Crippen LogP contribution in [0.4, 0.5) is 4.39 Å². The Morgan fingerprint density at radius 1 is 0.816 bits per heavy atom. The van der Waals surface area contributed by atoms with Crippen LogP contribution >= 0.6 is 0 Å². The van der Waals surface area contributed by atoms with Crippen LogP contribution in [0.3, 0.4) is 0 Å². The summed E-state index contributed by atoms with van der Waals surface area (Å²) in [6.07, 6.45) is 20.9. The Morgan fingerprint density at radius 3 is 2.11 bits per heavy atom. The van der Waals surface area contributed by atoms with Gasteiger partial charge in [-0.25, -0.2) is 4.39 Å². The first kappa shape index (κ1) is 30.2. The molecule has 0 bridgehead atoms. The first-order valence-electron chi connectivity index (χ1n) is 15.5. The molecule has 1 aliphatic rings. The monoisotopic (exact) mass is 519 g/mol. The van der Waals surface area contributed by atoms with Crippen molar-refractivity contribution in [1.29, 1.82) is 5.26 Å². The quantitative estimate of drug-likeness (QED) is 0.207. The van der Waals surface area contributed by atoms with Crippen molar-refractivity contribution in [3.05, 3.63) is 52.8 Å². The van der Waals surface area contributed by atoms with Crippen LogP contribution in [-0.2, 0) is 6.42 Å². The van der Waals surface area contributed by atoms with Gasteiger partial charge in [0.05, 0.1) is 18.7 Å². The molecule has 0 saturated heterocycles. The standard InChI is InChI=1S/C35H50FNO/c1-4-6-8-9-10-11-12-14-16-29-21-24-33(35(38-3)34(29)36)32-23-22-30(25-31(32)26-37)28-19-17-27(18-20-28)15-13-7-5-2/h21-25,27-28H,4-20H2,1-3H3. The normalized spacial score (nSPS) is 17.3. The SMILES string of the molecule is CCCCCCCCCCc1ccc(-c2ccc(C3CCC(CCCCC)CC3)cc2C#N)c(OC)c1F. The summed E-state index contributed by atoms with van der Waals surface area (Å²) >= 11 is 0. The van der Waals surface area contributed by atoms with Gasteiger partial charge in [-0.2, -0.15) is 5.26 Å². The second-order valence-corrected chi connectivity index (χ2v) is 11.5. The zero-order valence-corrected chi connectivity index (χ0v) is 24.3. The number of rotatable bonds is 16. The number of methoxy groups -OCH3 is 1. The van der Waals surface area contributed by atoms with Crippen molar-refractivity contribution in [2.24, 2.45) is 5.92 Å². The fourth-order valence-electron chi connectivity index (χ4n) is 6.26. The van der Waals surface area contributed by atoms with Gasteiger partial charge in [-0.1, -0.05) is 109 Å². The minimum Gasteiger partial charge on any atom is -0.493 e. The van der Waals surface area contributed by atoms with Crippen molar-refractivity contribution < 1.29 is 9.13 Å². The van der Waals surface area contributed by atoms with E-state index in [1.807, 2.05) is 24.3 Å². The third kappa shape index (κ3) is 8.59. The van der Waals surface area contributed by atoms with Gasteiger partial charge in [0.1, 0.15) is 0 Å². The molecule has 0 radical (unpaired) electrons. The van der Waals surface area contributed by atoms with E-state index in [4.69, 9.17) is 4.74 Å². The number of halogens is 1. The smallest absolute Gasteiger partial charge is 0.168 e. The Bertz CT molecular complexity index is 1020. The van der Waals surface area contributed by atoms with Crippen molar-refractivity contribution in [3.63, 3.8) is 0 Å². The molecule has 3 heteroatoms. The molecular weight excluding hydrogens is 469 g/mol. The lowest BCUT2D eigenvalue weighted by Crippen LogP contribution is -2.13. The van der Waals surface area contributed by atoms with E-state index >= 15 is 4.39 Å². The molecule has 0 aliphatic heterocycles. The highest BCUT2D eigenvalue weighted by Gasteiger charge is 2.24. The lowest BCUT2D eigenvalue weighted by Gasteiger charge is -2.29. The number of unbranched alkanes of at least 4 members (excludes halogenated alkanes) is 9. The molecule has 0 amide bonds. The average Bonchev–Trinajstić information content (AvgIpc) is 2.95. The molecule has 0 N–H and O–H groups in total. The molecule has 3 rings (SSSR count). The summed E-state index contributed by atoms with van der Waals surface area (Å²) in [5.74, 6) is 1.37. The average molecular weight is 520 g/mol. The predicted octanol–water partition coefficient (Wildman–Crippen LogP) is 10.9. The van der Waals surface area contributed by atoms with E-state index in [0.717, 1.165) is 30.7 Å². The molecule has 0 unspecified atom stereocenters. The van der Waals surface area contributed by atoms with Crippen molar-refractivity contribution in [2.75, 3.05) is 7.11 Å². The van der Waals surface area contributed by atoms with E-state index in [9.17, 15) is 5.26 Å². The Hall–Kier alpha value is -2.34. The Labute approximate surface area is 232 Å². The maximum absolute atomic E-state index is 15.5. The van der Waals surface area contributed by atoms with Crippen LogP contribution in [0.15, 0.2) is 30.3 Å². The minimum atomic E-state index is -0.276. The first-order valence-corrected chi connectivity index (χ1v) is 15.5. The van der Waals surface area contributed by atoms with Crippen molar-refractivity contribution in [2.45, 2.75) is 129 Å².